The predicted octanol–water partition coefficient (Wildman–Crippen LogP) is 3.49. The maximum absolute atomic E-state index is 5.53. The fraction of sp³-hybridized carbons (Fsp3) is 0.333. The molecule has 0 amide bonds. The van der Waals surface area contributed by atoms with Gasteiger partial charge in [-0.05, 0) is 48.7 Å². The van der Waals surface area contributed by atoms with Gasteiger partial charge in [-0.25, -0.2) is 0 Å². The van der Waals surface area contributed by atoms with E-state index in [1.165, 1.54) is 17.5 Å². The van der Waals surface area contributed by atoms with Gasteiger partial charge in [0.05, 0.1) is 7.11 Å². The average Bonchev–Trinajstić information content (AvgIpc) is 2.46. The summed E-state index contributed by atoms with van der Waals surface area (Å²) in [5, 5.41) is 0. The van der Waals surface area contributed by atoms with Crippen LogP contribution in [-0.4, -0.2) is 24.6 Å². The van der Waals surface area contributed by atoms with Crippen molar-refractivity contribution in [2.45, 2.75) is 25.3 Å². The molecule has 0 N–H and O–H groups in total. The molecule has 2 aliphatic rings. The first-order chi connectivity index (χ1) is 9.88. The second kappa shape index (κ2) is 6.00. The zero-order valence-electron chi connectivity index (χ0n) is 12.0. The van der Waals surface area contributed by atoms with Gasteiger partial charge < -0.3 is 9.64 Å². The highest BCUT2D eigenvalue weighted by atomic mass is 16.5. The van der Waals surface area contributed by atoms with E-state index in [0.29, 0.717) is 6.04 Å². The van der Waals surface area contributed by atoms with Gasteiger partial charge in [-0.2, -0.15) is 0 Å². The summed E-state index contributed by atoms with van der Waals surface area (Å²) < 4.78 is 5.53. The van der Waals surface area contributed by atoms with E-state index in [4.69, 9.17) is 4.74 Å². The first-order valence-corrected chi connectivity index (χ1v) is 7.29. The smallest absolute Gasteiger partial charge is 0.122 e. The van der Waals surface area contributed by atoms with E-state index in [2.05, 4.69) is 59.7 Å². The molecule has 0 saturated carbocycles. The third kappa shape index (κ3) is 2.64. The SMILES string of the molecule is COc1cccc2c1CC(N1C=CC=CC=CC1)CC2. The molecule has 0 fully saturated rings. The molecule has 1 atom stereocenters. The Morgan fingerprint density at radius 3 is 2.95 bits per heavy atom. The lowest BCUT2D eigenvalue weighted by atomic mass is 9.87. The van der Waals surface area contributed by atoms with Gasteiger partial charge in [0.25, 0.3) is 0 Å². The molecule has 20 heavy (non-hydrogen) atoms. The molecule has 1 aromatic carbocycles. The van der Waals surface area contributed by atoms with Gasteiger partial charge in [0.1, 0.15) is 5.75 Å². The monoisotopic (exact) mass is 267 g/mol. The van der Waals surface area contributed by atoms with Gasteiger partial charge in [0.2, 0.25) is 0 Å². The number of ether oxygens (including phenoxy) is 1. The number of allylic oxidation sites excluding steroid dienone is 4. The second-order valence-corrected chi connectivity index (χ2v) is 5.35. The fourth-order valence-corrected chi connectivity index (χ4v) is 3.09. The van der Waals surface area contributed by atoms with E-state index in [1.807, 2.05) is 0 Å². The van der Waals surface area contributed by atoms with Crippen molar-refractivity contribution in [3.8, 4) is 5.75 Å². The first kappa shape index (κ1) is 13.0. The predicted molar refractivity (Wildman–Crippen MR) is 82.9 cm³/mol. The zero-order valence-corrected chi connectivity index (χ0v) is 12.0. The average molecular weight is 267 g/mol. The number of nitrogens with zero attached hydrogens (tertiary/aromatic N) is 1. The number of benzene rings is 1. The first-order valence-electron chi connectivity index (χ1n) is 7.29. The van der Waals surface area contributed by atoms with Crippen molar-refractivity contribution in [2.75, 3.05) is 13.7 Å². The molecule has 1 aliphatic carbocycles. The van der Waals surface area contributed by atoms with E-state index < -0.39 is 0 Å². The third-order valence-corrected chi connectivity index (χ3v) is 4.17. The van der Waals surface area contributed by atoms with E-state index in [1.54, 1.807) is 7.11 Å². The maximum atomic E-state index is 5.53. The van der Waals surface area contributed by atoms with Crippen molar-refractivity contribution in [1.29, 1.82) is 0 Å². The minimum Gasteiger partial charge on any atom is -0.496 e. The Kier molecular flexibility index (Phi) is 3.91. The van der Waals surface area contributed by atoms with E-state index in [0.717, 1.165) is 25.1 Å². The Bertz CT molecular complexity index is 542. The van der Waals surface area contributed by atoms with Crippen LogP contribution in [0.1, 0.15) is 17.5 Å². The lowest BCUT2D eigenvalue weighted by Gasteiger charge is -2.34. The number of aryl methyl sites for hydroxylation is 1. The van der Waals surface area contributed by atoms with Crippen LogP contribution in [0.5, 0.6) is 5.75 Å². The van der Waals surface area contributed by atoms with Crippen molar-refractivity contribution >= 4 is 0 Å². The lowest BCUT2D eigenvalue weighted by molar-refractivity contribution is 0.271. The summed E-state index contributed by atoms with van der Waals surface area (Å²) >= 11 is 0. The van der Waals surface area contributed by atoms with Crippen molar-refractivity contribution in [2.24, 2.45) is 0 Å². The normalized spacial score (nSPS) is 21.2. The largest absolute Gasteiger partial charge is 0.496 e. The summed E-state index contributed by atoms with van der Waals surface area (Å²) in [6, 6.07) is 6.97. The molecule has 0 saturated heterocycles. The Labute approximate surface area is 121 Å². The Balaban J connectivity index is 1.82. The van der Waals surface area contributed by atoms with Gasteiger partial charge in [-0.1, -0.05) is 36.4 Å². The zero-order chi connectivity index (χ0) is 13.8. The van der Waals surface area contributed by atoms with Crippen LogP contribution >= 0.6 is 0 Å². The molecule has 1 unspecified atom stereocenters. The summed E-state index contributed by atoms with van der Waals surface area (Å²) in [5.41, 5.74) is 2.84. The lowest BCUT2D eigenvalue weighted by Crippen LogP contribution is -2.36. The van der Waals surface area contributed by atoms with Crippen LogP contribution in [0.2, 0.25) is 0 Å². The highest BCUT2D eigenvalue weighted by Crippen LogP contribution is 2.31. The molecule has 0 aromatic heterocycles. The van der Waals surface area contributed by atoms with E-state index in [9.17, 15) is 0 Å². The molecule has 0 radical (unpaired) electrons. The van der Waals surface area contributed by atoms with Crippen molar-refractivity contribution < 1.29 is 4.74 Å². The standard InChI is InChI=1S/C18H21NO/c1-20-18-9-7-8-15-10-11-16(14-17(15)18)19-12-5-3-2-4-6-13-19/h2-9,12,16H,10-11,13-14H2,1H3. The minimum absolute atomic E-state index is 0.561. The summed E-state index contributed by atoms with van der Waals surface area (Å²) in [5.74, 6) is 1.04. The molecular formula is C18H21NO. The van der Waals surface area contributed by atoms with Crippen LogP contribution in [0.15, 0.2) is 54.8 Å². The van der Waals surface area contributed by atoms with Gasteiger partial charge in [-0.3, -0.25) is 0 Å². The highest BCUT2D eigenvalue weighted by molar-refractivity contribution is 5.42. The Morgan fingerprint density at radius 2 is 2.05 bits per heavy atom. The van der Waals surface area contributed by atoms with Crippen molar-refractivity contribution in [3.63, 3.8) is 0 Å². The molecule has 0 spiro atoms. The summed E-state index contributed by atoms with van der Waals surface area (Å²) in [7, 11) is 1.77. The number of fused-ring (bicyclic) bond motifs is 1. The molecule has 1 heterocycles. The second-order valence-electron chi connectivity index (χ2n) is 5.35. The summed E-state index contributed by atoms with van der Waals surface area (Å²) in [6.45, 7) is 0.982. The van der Waals surface area contributed by atoms with Crippen LogP contribution in [0.3, 0.4) is 0 Å². The summed E-state index contributed by atoms with van der Waals surface area (Å²) in [4.78, 5) is 2.44. The van der Waals surface area contributed by atoms with Crippen LogP contribution in [0, 0.1) is 0 Å². The molecule has 2 nitrogen and oxygen atoms in total. The van der Waals surface area contributed by atoms with Crippen LogP contribution in [0.25, 0.3) is 0 Å². The van der Waals surface area contributed by atoms with Crippen LogP contribution < -0.4 is 4.74 Å². The molecular weight excluding hydrogens is 246 g/mol. The van der Waals surface area contributed by atoms with Crippen molar-refractivity contribution in [3.05, 3.63) is 65.9 Å². The molecule has 3 rings (SSSR count). The number of hydrogen-bond acceptors (Lipinski definition) is 2. The molecule has 1 aliphatic heterocycles. The quantitative estimate of drug-likeness (QED) is 0.813. The molecule has 104 valence electrons. The Hall–Kier alpha value is -1.96. The number of methoxy groups -OCH3 is 1. The van der Waals surface area contributed by atoms with Gasteiger partial charge in [-0.15, -0.1) is 0 Å². The number of hydrogen-bond donors (Lipinski definition) is 0. The highest BCUT2D eigenvalue weighted by Gasteiger charge is 2.24. The van der Waals surface area contributed by atoms with E-state index in [-0.39, 0.29) is 0 Å². The molecule has 0 bridgehead atoms. The van der Waals surface area contributed by atoms with Crippen LogP contribution in [-0.2, 0) is 12.8 Å². The van der Waals surface area contributed by atoms with Gasteiger partial charge in [0, 0.05) is 12.6 Å². The molecule has 2 heteroatoms. The van der Waals surface area contributed by atoms with Crippen LogP contribution in [0.4, 0.5) is 0 Å². The van der Waals surface area contributed by atoms with Gasteiger partial charge >= 0.3 is 0 Å². The minimum atomic E-state index is 0.561. The topological polar surface area (TPSA) is 12.5 Å². The third-order valence-electron chi connectivity index (χ3n) is 4.17. The van der Waals surface area contributed by atoms with E-state index >= 15 is 0 Å². The van der Waals surface area contributed by atoms with Gasteiger partial charge in [0.15, 0.2) is 0 Å². The van der Waals surface area contributed by atoms with Crippen molar-refractivity contribution in [1.82, 2.24) is 4.90 Å². The Morgan fingerprint density at radius 1 is 1.15 bits per heavy atom. The summed E-state index contributed by atoms with van der Waals surface area (Å²) in [6.07, 6.45) is 16.3. The maximum Gasteiger partial charge on any atom is 0.122 e. The number of rotatable bonds is 2. The fourth-order valence-electron chi connectivity index (χ4n) is 3.09. The molecule has 1 aromatic rings.